The minimum atomic E-state index is 0.220. The molecule has 1 aliphatic rings. The lowest BCUT2D eigenvalue weighted by Gasteiger charge is -2.39. The lowest BCUT2D eigenvalue weighted by molar-refractivity contribution is -0.136. The highest BCUT2D eigenvalue weighted by atomic mass is 16.1. The molecule has 1 fully saturated rings. The van der Waals surface area contributed by atoms with Crippen LogP contribution < -0.4 is 0 Å². The van der Waals surface area contributed by atoms with E-state index in [1.54, 1.807) is 0 Å². The molecule has 1 heteroatoms. The Kier molecular flexibility index (Phi) is 1.95. The normalized spacial score (nSPS) is 32.8. The van der Waals surface area contributed by atoms with Gasteiger partial charge in [-0.1, -0.05) is 44.2 Å². The largest absolute Gasteiger partial charge is 0.299 e. The Hall–Kier alpha value is -1.11. The van der Waals surface area contributed by atoms with Gasteiger partial charge in [-0.15, -0.1) is 0 Å². The number of benzene rings is 1. The van der Waals surface area contributed by atoms with Gasteiger partial charge in [0.25, 0.3) is 0 Å². The van der Waals surface area contributed by atoms with E-state index >= 15 is 0 Å². The van der Waals surface area contributed by atoms with Gasteiger partial charge in [0.15, 0.2) is 0 Å². The lowest BCUT2D eigenvalue weighted by atomic mass is 9.62. The first-order valence-electron chi connectivity index (χ1n) is 4.80. The van der Waals surface area contributed by atoms with Crippen LogP contribution in [0.2, 0.25) is 0 Å². The van der Waals surface area contributed by atoms with Gasteiger partial charge in [-0.3, -0.25) is 4.79 Å². The number of carbonyl (C=O) groups is 1. The first-order valence-corrected chi connectivity index (χ1v) is 4.80. The molecular weight excluding hydrogens is 160 g/mol. The maximum Gasteiger partial charge on any atom is 0.139 e. The summed E-state index contributed by atoms with van der Waals surface area (Å²) in [5.41, 5.74) is 1.31. The summed E-state index contributed by atoms with van der Waals surface area (Å²) in [5.74, 6) is 1.30. The minimum Gasteiger partial charge on any atom is -0.299 e. The van der Waals surface area contributed by atoms with Crippen LogP contribution in [0.25, 0.3) is 0 Å². The maximum absolute atomic E-state index is 11.3. The van der Waals surface area contributed by atoms with E-state index in [1.807, 2.05) is 32.0 Å². The van der Waals surface area contributed by atoms with Crippen molar-refractivity contribution in [1.29, 1.82) is 0 Å². The highest BCUT2D eigenvalue weighted by Crippen LogP contribution is 2.43. The van der Waals surface area contributed by atoms with Gasteiger partial charge in [0.2, 0.25) is 0 Å². The Morgan fingerprint density at radius 3 is 2.08 bits per heavy atom. The molecule has 0 radical (unpaired) electrons. The van der Waals surface area contributed by atoms with E-state index in [0.29, 0.717) is 11.7 Å². The molecular formula is C12H14O. The molecule has 1 aromatic carbocycles. The SMILES string of the molecule is CC1C(=O)C(C)C1c1ccccc1. The molecule has 68 valence electrons. The Morgan fingerprint density at radius 2 is 1.54 bits per heavy atom. The average Bonchev–Trinajstić information content (AvgIpc) is 2.19. The summed E-state index contributed by atoms with van der Waals surface area (Å²) >= 11 is 0. The van der Waals surface area contributed by atoms with Gasteiger partial charge in [-0.25, -0.2) is 0 Å². The first kappa shape index (κ1) is 8.49. The van der Waals surface area contributed by atoms with Crippen LogP contribution in [0.5, 0.6) is 0 Å². The Bertz CT molecular complexity index is 303. The standard InChI is InChI=1S/C12H14O/c1-8-11(9(2)12(8)13)10-6-4-3-5-7-10/h3-9,11H,1-2H3. The van der Waals surface area contributed by atoms with Crippen molar-refractivity contribution in [3.8, 4) is 0 Å². The molecule has 0 bridgehead atoms. The molecule has 0 spiro atoms. The van der Waals surface area contributed by atoms with Gasteiger partial charge in [0.1, 0.15) is 5.78 Å². The fraction of sp³-hybridized carbons (Fsp3) is 0.417. The first-order chi connectivity index (χ1) is 6.22. The van der Waals surface area contributed by atoms with E-state index < -0.39 is 0 Å². The van der Waals surface area contributed by atoms with Crippen LogP contribution in [0.15, 0.2) is 30.3 Å². The maximum atomic E-state index is 11.3. The topological polar surface area (TPSA) is 17.1 Å². The summed E-state index contributed by atoms with van der Waals surface area (Å²) in [4.78, 5) is 11.3. The molecule has 2 unspecified atom stereocenters. The van der Waals surface area contributed by atoms with Crippen LogP contribution in [0, 0.1) is 11.8 Å². The zero-order valence-corrected chi connectivity index (χ0v) is 8.03. The van der Waals surface area contributed by atoms with Crippen molar-refractivity contribution < 1.29 is 4.79 Å². The molecule has 0 aromatic heterocycles. The average molecular weight is 174 g/mol. The number of hydrogen-bond donors (Lipinski definition) is 0. The fourth-order valence-electron chi connectivity index (χ4n) is 2.34. The molecule has 1 nitrogen and oxygen atoms in total. The third-order valence-electron chi connectivity index (χ3n) is 3.16. The molecule has 0 amide bonds. The van der Waals surface area contributed by atoms with Crippen molar-refractivity contribution in [2.75, 3.05) is 0 Å². The second kappa shape index (κ2) is 2.99. The molecule has 2 atom stereocenters. The molecule has 0 heterocycles. The van der Waals surface area contributed by atoms with Crippen molar-refractivity contribution in [3.63, 3.8) is 0 Å². The number of ketones is 1. The van der Waals surface area contributed by atoms with Gasteiger partial charge in [-0.2, -0.15) is 0 Å². The molecule has 1 aromatic rings. The van der Waals surface area contributed by atoms with Crippen LogP contribution >= 0.6 is 0 Å². The smallest absolute Gasteiger partial charge is 0.139 e. The number of Topliss-reactive ketones (excluding diaryl/α,β-unsaturated/α-hetero) is 1. The highest BCUT2D eigenvalue weighted by molar-refractivity contribution is 5.91. The summed E-state index contributed by atoms with van der Waals surface area (Å²) in [6.07, 6.45) is 0. The molecule has 1 saturated carbocycles. The van der Waals surface area contributed by atoms with Crippen LogP contribution in [0.3, 0.4) is 0 Å². The van der Waals surface area contributed by atoms with E-state index in [2.05, 4.69) is 12.1 Å². The van der Waals surface area contributed by atoms with Crippen molar-refractivity contribution in [3.05, 3.63) is 35.9 Å². The van der Waals surface area contributed by atoms with Crippen LogP contribution in [-0.2, 0) is 4.79 Å². The highest BCUT2D eigenvalue weighted by Gasteiger charge is 2.44. The summed E-state index contributed by atoms with van der Waals surface area (Å²) in [5, 5.41) is 0. The van der Waals surface area contributed by atoms with Gasteiger partial charge in [0.05, 0.1) is 0 Å². The number of hydrogen-bond acceptors (Lipinski definition) is 1. The Morgan fingerprint density at radius 1 is 1.00 bits per heavy atom. The van der Waals surface area contributed by atoms with Crippen molar-refractivity contribution in [2.45, 2.75) is 19.8 Å². The van der Waals surface area contributed by atoms with Crippen molar-refractivity contribution in [1.82, 2.24) is 0 Å². The summed E-state index contributed by atoms with van der Waals surface area (Å²) in [7, 11) is 0. The summed E-state index contributed by atoms with van der Waals surface area (Å²) in [6, 6.07) is 10.3. The quantitative estimate of drug-likeness (QED) is 0.639. The summed E-state index contributed by atoms with van der Waals surface area (Å²) < 4.78 is 0. The molecule has 1 aliphatic carbocycles. The summed E-state index contributed by atoms with van der Waals surface area (Å²) in [6.45, 7) is 4.06. The molecule has 0 aliphatic heterocycles. The monoisotopic (exact) mass is 174 g/mol. The minimum absolute atomic E-state index is 0.220. The Balaban J connectivity index is 2.25. The van der Waals surface area contributed by atoms with E-state index in [0.717, 1.165) is 0 Å². The number of rotatable bonds is 1. The van der Waals surface area contributed by atoms with E-state index in [9.17, 15) is 4.79 Å². The molecule has 2 rings (SSSR count). The van der Waals surface area contributed by atoms with Gasteiger partial charge in [0, 0.05) is 17.8 Å². The van der Waals surface area contributed by atoms with Crippen molar-refractivity contribution >= 4 is 5.78 Å². The van der Waals surface area contributed by atoms with Gasteiger partial charge >= 0.3 is 0 Å². The second-order valence-electron chi connectivity index (χ2n) is 3.92. The third kappa shape index (κ3) is 1.19. The third-order valence-corrected chi connectivity index (χ3v) is 3.16. The van der Waals surface area contributed by atoms with Crippen LogP contribution in [0.4, 0.5) is 0 Å². The molecule has 0 N–H and O–H groups in total. The zero-order valence-electron chi connectivity index (χ0n) is 8.03. The lowest BCUT2D eigenvalue weighted by Crippen LogP contribution is -2.42. The van der Waals surface area contributed by atoms with E-state index in [1.165, 1.54) is 5.56 Å². The van der Waals surface area contributed by atoms with Gasteiger partial charge in [-0.05, 0) is 5.56 Å². The van der Waals surface area contributed by atoms with E-state index in [4.69, 9.17) is 0 Å². The Labute approximate surface area is 78.8 Å². The van der Waals surface area contributed by atoms with Gasteiger partial charge < -0.3 is 0 Å². The zero-order chi connectivity index (χ0) is 9.42. The van der Waals surface area contributed by atoms with Crippen LogP contribution in [-0.4, -0.2) is 5.78 Å². The van der Waals surface area contributed by atoms with Crippen LogP contribution in [0.1, 0.15) is 25.3 Å². The predicted octanol–water partition coefficient (Wildman–Crippen LogP) is 2.63. The van der Waals surface area contributed by atoms with E-state index in [-0.39, 0.29) is 11.8 Å². The fourth-order valence-corrected chi connectivity index (χ4v) is 2.34. The van der Waals surface area contributed by atoms with Crippen molar-refractivity contribution in [2.24, 2.45) is 11.8 Å². The number of carbonyl (C=O) groups excluding carboxylic acids is 1. The molecule has 0 saturated heterocycles. The predicted molar refractivity (Wildman–Crippen MR) is 52.5 cm³/mol. The second-order valence-corrected chi connectivity index (χ2v) is 3.92. The molecule has 13 heavy (non-hydrogen) atoms.